The van der Waals surface area contributed by atoms with E-state index in [9.17, 15) is 27.5 Å². The molecule has 0 spiro atoms. The van der Waals surface area contributed by atoms with Gasteiger partial charge < -0.3 is 9.84 Å². The molecule has 4 rings (SSSR count). The third-order valence-corrected chi connectivity index (χ3v) is 5.97. The minimum Gasteiger partial charge on any atom is -0.458 e. The van der Waals surface area contributed by atoms with Crippen LogP contribution < -0.4 is 0 Å². The zero-order valence-corrected chi connectivity index (χ0v) is 19.7. The van der Waals surface area contributed by atoms with Crippen molar-refractivity contribution in [3.05, 3.63) is 83.3 Å². The van der Waals surface area contributed by atoms with Crippen LogP contribution in [0.4, 0.5) is 17.6 Å². The van der Waals surface area contributed by atoms with Crippen molar-refractivity contribution < 1.29 is 32.2 Å². The molecule has 0 amide bonds. The Labute approximate surface area is 206 Å². The molecule has 0 unspecified atom stereocenters. The van der Waals surface area contributed by atoms with Gasteiger partial charge in [0.25, 0.3) is 0 Å². The number of aliphatic hydroxyl groups is 1. The van der Waals surface area contributed by atoms with Gasteiger partial charge in [-0.05, 0) is 53.5 Å². The number of carbonyl (C=O) groups is 1. The lowest BCUT2D eigenvalue weighted by Crippen LogP contribution is -2.31. The quantitative estimate of drug-likeness (QED) is 0.311. The molecule has 0 radical (unpaired) electrons. The summed E-state index contributed by atoms with van der Waals surface area (Å²) in [5, 5.41) is 9.93. The van der Waals surface area contributed by atoms with Gasteiger partial charge in [-0.3, -0.25) is 9.78 Å². The monoisotopic (exact) mass is 499 g/mol. The topological polar surface area (TPSA) is 59.4 Å². The second kappa shape index (κ2) is 10.2. The van der Waals surface area contributed by atoms with Gasteiger partial charge in [-0.1, -0.05) is 44.2 Å². The number of rotatable bonds is 5. The summed E-state index contributed by atoms with van der Waals surface area (Å²) in [5.41, 5.74) is 3.00. The number of hydrogen-bond acceptors (Lipinski definition) is 4. The van der Waals surface area contributed by atoms with E-state index in [2.05, 4.69) is 0 Å². The van der Waals surface area contributed by atoms with Crippen LogP contribution in [0.15, 0.2) is 60.7 Å². The molecule has 1 aliphatic rings. The summed E-state index contributed by atoms with van der Waals surface area (Å²) < 4.78 is 58.1. The predicted octanol–water partition coefficient (Wildman–Crippen LogP) is 6.78. The smallest absolute Gasteiger partial charge is 0.416 e. The minimum atomic E-state index is -4.45. The Bertz CT molecular complexity index is 1270. The number of aliphatic hydroxyl groups excluding tert-OH is 1. The number of ether oxygens (including phenoxy) is 1. The molecule has 0 saturated carbocycles. The molecule has 1 fully saturated rings. The van der Waals surface area contributed by atoms with Gasteiger partial charge in [-0.2, -0.15) is 13.2 Å². The number of carbonyl (C=O) groups excluding carboxylic acids is 1. The molecule has 1 aromatic heterocycles. The Kier molecular flexibility index (Phi) is 7.26. The second-order valence-electron chi connectivity index (χ2n) is 9.07. The minimum absolute atomic E-state index is 0.0498. The lowest BCUT2D eigenvalue weighted by Gasteiger charge is -2.24. The highest BCUT2D eigenvalue weighted by Gasteiger charge is 2.30. The van der Waals surface area contributed by atoms with Gasteiger partial charge in [-0.25, -0.2) is 4.39 Å². The number of esters is 1. The molecule has 0 bridgehead atoms. The molecule has 1 N–H and O–H groups in total. The van der Waals surface area contributed by atoms with E-state index in [1.165, 1.54) is 24.3 Å². The van der Waals surface area contributed by atoms with Crippen LogP contribution in [0.3, 0.4) is 0 Å². The summed E-state index contributed by atoms with van der Waals surface area (Å²) in [6.07, 6.45) is -2.17. The number of halogens is 4. The first-order valence-corrected chi connectivity index (χ1v) is 11.6. The summed E-state index contributed by atoms with van der Waals surface area (Å²) in [5.74, 6) is -0.959. The van der Waals surface area contributed by atoms with Crippen LogP contribution in [-0.2, 0) is 15.7 Å². The highest BCUT2D eigenvalue weighted by Crippen LogP contribution is 2.36. The van der Waals surface area contributed by atoms with Gasteiger partial charge in [0.1, 0.15) is 11.9 Å². The SMILES string of the molecule is CC(C)c1nc(-c2ccc(C(F)(F)F)cc2)cc(-c2ccc(F)cc2)c1/C=C/[C@@H]1C[C@@H](O)CC(=O)O1. The maximum Gasteiger partial charge on any atom is 0.416 e. The lowest BCUT2D eigenvalue weighted by atomic mass is 9.91. The number of alkyl halides is 3. The van der Waals surface area contributed by atoms with E-state index in [0.29, 0.717) is 33.6 Å². The van der Waals surface area contributed by atoms with Crippen molar-refractivity contribution in [3.8, 4) is 22.4 Å². The summed E-state index contributed by atoms with van der Waals surface area (Å²) in [4.78, 5) is 16.5. The van der Waals surface area contributed by atoms with Gasteiger partial charge >= 0.3 is 12.1 Å². The summed E-state index contributed by atoms with van der Waals surface area (Å²) in [7, 11) is 0. The summed E-state index contributed by atoms with van der Waals surface area (Å²) in [6, 6.07) is 12.4. The van der Waals surface area contributed by atoms with E-state index >= 15 is 0 Å². The second-order valence-corrected chi connectivity index (χ2v) is 9.07. The van der Waals surface area contributed by atoms with E-state index in [1.807, 2.05) is 13.8 Å². The maximum absolute atomic E-state index is 13.7. The Morgan fingerprint density at radius 1 is 1.06 bits per heavy atom. The fourth-order valence-electron chi connectivity index (χ4n) is 4.17. The molecule has 2 aromatic carbocycles. The lowest BCUT2D eigenvalue weighted by molar-refractivity contribution is -0.156. The Hall–Kier alpha value is -3.52. The van der Waals surface area contributed by atoms with Crippen LogP contribution >= 0.6 is 0 Å². The highest BCUT2D eigenvalue weighted by molar-refractivity contribution is 5.81. The number of pyridine rings is 1. The maximum atomic E-state index is 13.7. The zero-order chi connectivity index (χ0) is 26.0. The van der Waals surface area contributed by atoms with Gasteiger partial charge in [0.15, 0.2) is 0 Å². The molecule has 188 valence electrons. The number of aromatic nitrogens is 1. The molecule has 8 heteroatoms. The van der Waals surface area contributed by atoms with Crippen molar-refractivity contribution in [1.82, 2.24) is 4.98 Å². The first kappa shape index (κ1) is 25.6. The van der Waals surface area contributed by atoms with E-state index in [0.717, 1.165) is 12.1 Å². The summed E-state index contributed by atoms with van der Waals surface area (Å²) >= 11 is 0. The number of benzene rings is 2. The molecule has 2 atom stereocenters. The van der Waals surface area contributed by atoms with E-state index in [-0.39, 0.29) is 18.8 Å². The van der Waals surface area contributed by atoms with Crippen molar-refractivity contribution in [1.29, 1.82) is 0 Å². The van der Waals surface area contributed by atoms with E-state index in [4.69, 9.17) is 9.72 Å². The normalized spacial score (nSPS) is 18.6. The standard InChI is InChI=1S/C28H25F4NO3/c1-16(2)27-23(12-11-22-13-21(34)14-26(35)36-22)24(17-5-9-20(29)10-6-17)15-25(33-27)18-3-7-19(8-4-18)28(30,31)32/h3-12,15-16,21-22,34H,13-14H2,1-2H3/b12-11+/t21-,22-/m1/s1. The molecular formula is C28H25F4NO3. The molecule has 1 aliphatic heterocycles. The molecule has 0 aliphatic carbocycles. The molecule has 1 saturated heterocycles. The molecular weight excluding hydrogens is 474 g/mol. The fourth-order valence-corrected chi connectivity index (χ4v) is 4.17. The zero-order valence-electron chi connectivity index (χ0n) is 19.7. The van der Waals surface area contributed by atoms with Crippen molar-refractivity contribution in [2.24, 2.45) is 0 Å². The first-order valence-electron chi connectivity index (χ1n) is 11.6. The Morgan fingerprint density at radius 2 is 1.69 bits per heavy atom. The van der Waals surface area contributed by atoms with E-state index < -0.39 is 35.7 Å². The van der Waals surface area contributed by atoms with Gasteiger partial charge in [0.05, 0.1) is 29.5 Å². The largest absolute Gasteiger partial charge is 0.458 e. The van der Waals surface area contributed by atoms with Gasteiger partial charge in [-0.15, -0.1) is 0 Å². The predicted molar refractivity (Wildman–Crippen MR) is 128 cm³/mol. The highest BCUT2D eigenvalue weighted by atomic mass is 19.4. The van der Waals surface area contributed by atoms with Gasteiger partial charge in [0.2, 0.25) is 0 Å². The van der Waals surface area contributed by atoms with Crippen LogP contribution in [0.5, 0.6) is 0 Å². The molecule has 3 aromatic rings. The molecule has 4 nitrogen and oxygen atoms in total. The third-order valence-electron chi connectivity index (χ3n) is 5.97. The summed E-state index contributed by atoms with van der Waals surface area (Å²) in [6.45, 7) is 3.88. The molecule has 2 heterocycles. The van der Waals surface area contributed by atoms with Crippen molar-refractivity contribution in [2.45, 2.75) is 51.0 Å². The van der Waals surface area contributed by atoms with Crippen LogP contribution in [-0.4, -0.2) is 28.3 Å². The van der Waals surface area contributed by atoms with Crippen LogP contribution in [0.2, 0.25) is 0 Å². The van der Waals surface area contributed by atoms with Crippen molar-refractivity contribution in [2.75, 3.05) is 0 Å². The average Bonchev–Trinajstić information content (AvgIpc) is 2.81. The van der Waals surface area contributed by atoms with Crippen molar-refractivity contribution in [3.63, 3.8) is 0 Å². The Morgan fingerprint density at radius 3 is 2.28 bits per heavy atom. The van der Waals surface area contributed by atoms with E-state index in [1.54, 1.807) is 30.4 Å². The number of hydrogen-bond donors (Lipinski definition) is 1. The fraction of sp³-hybridized carbons (Fsp3) is 0.286. The van der Waals surface area contributed by atoms with Crippen molar-refractivity contribution >= 4 is 12.0 Å². The average molecular weight is 500 g/mol. The first-order chi connectivity index (χ1) is 17.0. The molecule has 36 heavy (non-hydrogen) atoms. The third kappa shape index (κ3) is 5.82. The van der Waals surface area contributed by atoms with Crippen LogP contribution in [0, 0.1) is 5.82 Å². The van der Waals surface area contributed by atoms with Crippen LogP contribution in [0.25, 0.3) is 28.5 Å². The van der Waals surface area contributed by atoms with Gasteiger partial charge in [0, 0.05) is 17.5 Å². The number of nitrogens with zero attached hydrogens (tertiary/aromatic N) is 1. The Balaban J connectivity index is 1.84. The number of cyclic esters (lactones) is 1. The van der Waals surface area contributed by atoms with Crippen LogP contribution in [0.1, 0.15) is 49.4 Å².